The van der Waals surface area contributed by atoms with Gasteiger partial charge in [-0.1, -0.05) is 48.4 Å². The van der Waals surface area contributed by atoms with Gasteiger partial charge in [-0.25, -0.2) is 13.4 Å². The molecule has 0 spiro atoms. The predicted molar refractivity (Wildman–Crippen MR) is 149 cm³/mol. The van der Waals surface area contributed by atoms with Crippen molar-refractivity contribution in [3.8, 4) is 0 Å². The lowest BCUT2D eigenvalue weighted by Gasteiger charge is -2.24. The van der Waals surface area contributed by atoms with Crippen LogP contribution in [0.25, 0.3) is 10.2 Å². The second kappa shape index (κ2) is 13.2. The monoisotopic (exact) mass is 577 g/mol. The second-order valence-corrected chi connectivity index (χ2v) is 12.0. The van der Waals surface area contributed by atoms with Crippen molar-refractivity contribution in [2.45, 2.75) is 38.5 Å². The molecule has 1 amide bonds. The summed E-state index contributed by atoms with van der Waals surface area (Å²) >= 11 is 13.5. The number of aryl methyl sites for hydroxylation is 1. The fraction of sp³-hybridized carbons (Fsp3) is 0.417. The van der Waals surface area contributed by atoms with Crippen LogP contribution in [0.4, 0.5) is 5.13 Å². The lowest BCUT2D eigenvalue weighted by atomic mass is 10.2. The summed E-state index contributed by atoms with van der Waals surface area (Å²) in [6.45, 7) is 9.06. The molecule has 3 aromatic rings. The highest BCUT2D eigenvalue weighted by atomic mass is 35.5. The number of carbonyl (C=O) groups is 1. The fourth-order valence-electron chi connectivity index (χ4n) is 3.67. The van der Waals surface area contributed by atoms with Crippen LogP contribution < -0.4 is 4.90 Å². The number of amides is 1. The highest BCUT2D eigenvalue weighted by Crippen LogP contribution is 2.33. The molecule has 192 valence electrons. The minimum Gasteiger partial charge on any atom is -0.302 e. The summed E-state index contributed by atoms with van der Waals surface area (Å²) in [4.78, 5) is 22.1. The van der Waals surface area contributed by atoms with Crippen molar-refractivity contribution < 1.29 is 13.2 Å². The second-order valence-electron chi connectivity index (χ2n) is 8.01. The lowest BCUT2D eigenvalue weighted by Crippen LogP contribution is -2.38. The molecule has 0 bridgehead atoms. The number of rotatable bonds is 11. The van der Waals surface area contributed by atoms with Gasteiger partial charge in [0.25, 0.3) is 0 Å². The smallest absolute Gasteiger partial charge is 0.228 e. The number of aromatic nitrogens is 1. The van der Waals surface area contributed by atoms with Gasteiger partial charge in [0.15, 0.2) is 15.0 Å². The number of nitrogens with zero attached hydrogens (tertiary/aromatic N) is 3. The number of benzene rings is 2. The molecule has 0 saturated carbocycles. The summed E-state index contributed by atoms with van der Waals surface area (Å²) < 4.78 is 26.2. The van der Waals surface area contributed by atoms with E-state index in [0.29, 0.717) is 28.3 Å². The van der Waals surface area contributed by atoms with E-state index in [0.717, 1.165) is 28.9 Å². The molecule has 1 heterocycles. The zero-order valence-corrected chi connectivity index (χ0v) is 23.9. The number of hydrogen-bond donors (Lipinski definition) is 0. The standard InChI is InChI=1S/C24H29Cl2N3O3S2.ClH/c1-4-28(5-2)12-13-29(24-27-23-17(3)15-19(26)16-21(23)33-24)22(30)7-6-14-34(31,32)20-10-8-18(25)9-11-20;/h8-11,15-16H,4-7,12-14H2,1-3H3;1H. The minimum atomic E-state index is -3.49. The molecule has 0 fully saturated rings. The van der Waals surface area contributed by atoms with Gasteiger partial charge in [0.1, 0.15) is 0 Å². The lowest BCUT2D eigenvalue weighted by molar-refractivity contribution is -0.118. The van der Waals surface area contributed by atoms with Gasteiger partial charge in [0, 0.05) is 29.6 Å². The SMILES string of the molecule is CCN(CC)CCN(C(=O)CCCS(=O)(=O)c1ccc(Cl)cc1)c1nc2c(C)cc(Cl)cc2s1.Cl. The average Bonchev–Trinajstić information content (AvgIpc) is 3.21. The molecule has 0 aliphatic rings. The van der Waals surface area contributed by atoms with E-state index in [2.05, 4.69) is 18.7 Å². The summed E-state index contributed by atoms with van der Waals surface area (Å²) in [6, 6.07) is 9.80. The first-order chi connectivity index (χ1) is 16.1. The molecule has 0 atom stereocenters. The number of thiazole rings is 1. The molecule has 0 N–H and O–H groups in total. The van der Waals surface area contributed by atoms with Gasteiger partial charge in [-0.15, -0.1) is 12.4 Å². The van der Waals surface area contributed by atoms with E-state index in [1.807, 2.05) is 19.1 Å². The van der Waals surface area contributed by atoms with Crippen LogP contribution in [0.1, 0.15) is 32.3 Å². The number of anilines is 1. The van der Waals surface area contributed by atoms with Crippen molar-refractivity contribution in [3.63, 3.8) is 0 Å². The summed E-state index contributed by atoms with van der Waals surface area (Å²) in [6.07, 6.45) is 0.335. The van der Waals surface area contributed by atoms with Crippen molar-refractivity contribution in [2.24, 2.45) is 0 Å². The first kappa shape index (κ1) is 29.8. The fourth-order valence-corrected chi connectivity index (χ4v) is 6.57. The molecule has 6 nitrogen and oxygen atoms in total. The average molecular weight is 579 g/mol. The molecular weight excluding hydrogens is 549 g/mol. The van der Waals surface area contributed by atoms with Gasteiger partial charge < -0.3 is 4.90 Å². The Bertz CT molecular complexity index is 1240. The maximum atomic E-state index is 13.3. The van der Waals surface area contributed by atoms with Gasteiger partial charge in [-0.05, 0) is 68.4 Å². The zero-order chi connectivity index (χ0) is 24.9. The quantitative estimate of drug-likeness (QED) is 0.268. The van der Waals surface area contributed by atoms with Crippen molar-refractivity contribution in [1.29, 1.82) is 0 Å². The Kier molecular flexibility index (Phi) is 11.3. The summed E-state index contributed by atoms with van der Waals surface area (Å²) in [7, 11) is -3.49. The third-order valence-electron chi connectivity index (χ3n) is 5.68. The van der Waals surface area contributed by atoms with Crippen LogP contribution in [0.5, 0.6) is 0 Å². The van der Waals surface area contributed by atoms with E-state index in [-0.39, 0.29) is 41.8 Å². The van der Waals surface area contributed by atoms with E-state index in [1.165, 1.54) is 23.5 Å². The van der Waals surface area contributed by atoms with Crippen LogP contribution in [0.15, 0.2) is 41.3 Å². The Morgan fingerprint density at radius 2 is 1.69 bits per heavy atom. The number of hydrogen-bond acceptors (Lipinski definition) is 6. The maximum Gasteiger partial charge on any atom is 0.228 e. The van der Waals surface area contributed by atoms with Crippen molar-refractivity contribution in [2.75, 3.05) is 36.8 Å². The Balaban J connectivity index is 0.00000432. The molecule has 2 aromatic carbocycles. The van der Waals surface area contributed by atoms with Gasteiger partial charge in [-0.2, -0.15) is 0 Å². The Morgan fingerprint density at radius 1 is 1.03 bits per heavy atom. The molecule has 0 unspecified atom stereocenters. The van der Waals surface area contributed by atoms with E-state index in [4.69, 9.17) is 28.2 Å². The predicted octanol–water partition coefficient (Wildman–Crippen LogP) is 6.26. The van der Waals surface area contributed by atoms with Crippen molar-refractivity contribution in [3.05, 3.63) is 52.0 Å². The topological polar surface area (TPSA) is 70.6 Å². The summed E-state index contributed by atoms with van der Waals surface area (Å²) in [5.41, 5.74) is 1.78. The number of carbonyl (C=O) groups excluding carboxylic acids is 1. The van der Waals surface area contributed by atoms with E-state index >= 15 is 0 Å². The van der Waals surface area contributed by atoms with Crippen LogP contribution in [0.2, 0.25) is 10.0 Å². The van der Waals surface area contributed by atoms with Crippen LogP contribution in [-0.4, -0.2) is 56.1 Å². The number of halogens is 3. The Labute approximate surface area is 227 Å². The molecule has 35 heavy (non-hydrogen) atoms. The van der Waals surface area contributed by atoms with Crippen molar-refractivity contribution >= 4 is 78.0 Å². The van der Waals surface area contributed by atoms with Crippen LogP contribution in [0, 0.1) is 6.92 Å². The molecule has 11 heteroatoms. The summed E-state index contributed by atoms with van der Waals surface area (Å²) in [5.74, 6) is -0.250. The first-order valence-corrected chi connectivity index (χ1v) is 14.4. The van der Waals surface area contributed by atoms with Crippen LogP contribution in [0.3, 0.4) is 0 Å². The molecule has 0 radical (unpaired) electrons. The molecule has 0 saturated heterocycles. The van der Waals surface area contributed by atoms with E-state index < -0.39 is 9.84 Å². The normalized spacial score (nSPS) is 11.6. The van der Waals surface area contributed by atoms with E-state index in [9.17, 15) is 13.2 Å². The maximum absolute atomic E-state index is 13.3. The molecule has 0 aliphatic heterocycles. The molecular formula is C24H30Cl3N3O3S2. The Morgan fingerprint density at radius 3 is 2.31 bits per heavy atom. The van der Waals surface area contributed by atoms with Gasteiger partial charge in [0.2, 0.25) is 5.91 Å². The number of likely N-dealkylation sites (N-methyl/N-ethyl adjacent to an activating group) is 1. The number of fused-ring (bicyclic) bond motifs is 1. The molecule has 3 rings (SSSR count). The van der Waals surface area contributed by atoms with Gasteiger partial charge in [0.05, 0.1) is 20.9 Å². The number of sulfone groups is 1. The van der Waals surface area contributed by atoms with Crippen LogP contribution >= 0.6 is 46.9 Å². The van der Waals surface area contributed by atoms with Gasteiger partial charge in [-0.3, -0.25) is 9.69 Å². The Hall–Kier alpha value is -1.42. The van der Waals surface area contributed by atoms with Crippen LogP contribution in [-0.2, 0) is 14.6 Å². The molecule has 1 aromatic heterocycles. The minimum absolute atomic E-state index is 0. The highest BCUT2D eigenvalue weighted by Gasteiger charge is 2.22. The van der Waals surface area contributed by atoms with Gasteiger partial charge >= 0.3 is 0 Å². The molecule has 0 aliphatic carbocycles. The van der Waals surface area contributed by atoms with Crippen molar-refractivity contribution in [1.82, 2.24) is 9.88 Å². The summed E-state index contributed by atoms with van der Waals surface area (Å²) in [5, 5.41) is 1.72. The third kappa shape index (κ3) is 7.78. The third-order valence-corrected chi connectivity index (χ3v) is 8.99. The first-order valence-electron chi connectivity index (χ1n) is 11.2. The largest absolute Gasteiger partial charge is 0.302 e. The highest BCUT2D eigenvalue weighted by molar-refractivity contribution is 7.91. The zero-order valence-electron chi connectivity index (χ0n) is 20.0. The van der Waals surface area contributed by atoms with E-state index in [1.54, 1.807) is 17.0 Å².